The highest BCUT2D eigenvalue weighted by molar-refractivity contribution is 8.01. The van der Waals surface area contributed by atoms with Crippen LogP contribution in [0, 0.1) is 0 Å². The van der Waals surface area contributed by atoms with Crippen LogP contribution in [-0.2, 0) is 15.0 Å². The second-order valence-electron chi connectivity index (χ2n) is 4.56. The van der Waals surface area contributed by atoms with E-state index in [4.69, 9.17) is 0 Å². The summed E-state index contributed by atoms with van der Waals surface area (Å²) in [5.41, 5.74) is 0. The Hall–Kier alpha value is -0.310. The summed E-state index contributed by atoms with van der Waals surface area (Å²) in [6.45, 7) is 4.28. The van der Waals surface area contributed by atoms with Crippen molar-refractivity contribution >= 4 is 27.9 Å². The van der Waals surface area contributed by atoms with Gasteiger partial charge in [0.2, 0.25) is 0 Å². The second-order valence-corrected chi connectivity index (χ2v) is 7.71. The van der Waals surface area contributed by atoms with E-state index in [9.17, 15) is 18.3 Å². The molecule has 112 valence electrons. The average molecular weight is 310 g/mol. The zero-order valence-corrected chi connectivity index (χ0v) is 13.2. The van der Waals surface area contributed by atoms with Crippen LogP contribution in [0.2, 0.25) is 0 Å². The fourth-order valence-corrected chi connectivity index (χ4v) is 5.45. The molecule has 0 saturated carbocycles. The lowest BCUT2D eigenvalue weighted by atomic mass is 10.3. The van der Waals surface area contributed by atoms with Gasteiger partial charge in [0.1, 0.15) is 6.04 Å². The zero-order chi connectivity index (χ0) is 14.6. The van der Waals surface area contributed by atoms with E-state index in [2.05, 4.69) is 0 Å². The van der Waals surface area contributed by atoms with Crippen molar-refractivity contribution < 1.29 is 18.3 Å². The van der Waals surface area contributed by atoms with Crippen molar-refractivity contribution in [3.8, 4) is 0 Å². The number of carboxylic acid groups (broad SMARTS) is 1. The van der Waals surface area contributed by atoms with Crippen molar-refractivity contribution in [3.05, 3.63) is 0 Å². The van der Waals surface area contributed by atoms with Gasteiger partial charge in [-0.05, 0) is 12.8 Å². The van der Waals surface area contributed by atoms with Gasteiger partial charge in [0, 0.05) is 19.3 Å². The molecule has 1 heterocycles. The van der Waals surface area contributed by atoms with Crippen LogP contribution in [-0.4, -0.2) is 58.9 Å². The van der Waals surface area contributed by atoms with Crippen LogP contribution >= 0.6 is 11.8 Å². The first kappa shape index (κ1) is 16.7. The molecule has 1 aliphatic heterocycles. The van der Waals surface area contributed by atoms with E-state index in [0.29, 0.717) is 18.7 Å². The normalized spacial score (nSPS) is 25.1. The predicted octanol–water partition coefficient (Wildman–Crippen LogP) is 1.20. The number of hydrogen-bond acceptors (Lipinski definition) is 4. The van der Waals surface area contributed by atoms with E-state index in [-0.39, 0.29) is 5.37 Å². The highest BCUT2D eigenvalue weighted by Gasteiger charge is 2.46. The van der Waals surface area contributed by atoms with Gasteiger partial charge >= 0.3 is 5.97 Å². The van der Waals surface area contributed by atoms with Gasteiger partial charge in [0.25, 0.3) is 10.2 Å². The maximum Gasteiger partial charge on any atom is 0.322 e. The first-order valence-electron chi connectivity index (χ1n) is 6.45. The molecule has 0 aliphatic carbocycles. The molecule has 0 aromatic heterocycles. The van der Waals surface area contributed by atoms with Gasteiger partial charge in [0.15, 0.2) is 0 Å². The highest BCUT2D eigenvalue weighted by Crippen LogP contribution is 2.34. The van der Waals surface area contributed by atoms with Gasteiger partial charge in [-0.2, -0.15) is 17.0 Å². The molecule has 0 aromatic carbocycles. The van der Waals surface area contributed by atoms with E-state index in [0.717, 1.165) is 17.1 Å². The summed E-state index contributed by atoms with van der Waals surface area (Å²) >= 11 is 1.39. The number of carbonyl (C=O) groups is 1. The number of nitrogens with zero attached hydrogens (tertiary/aromatic N) is 2. The molecule has 0 spiro atoms. The summed E-state index contributed by atoms with van der Waals surface area (Å²) in [7, 11) is -2.19. The SMILES string of the molecule is CCCCN(C)S(=O)(=O)N1C(CC)SCC1C(=O)O. The van der Waals surface area contributed by atoms with Gasteiger partial charge in [-0.3, -0.25) is 4.79 Å². The van der Waals surface area contributed by atoms with Crippen LogP contribution in [0.4, 0.5) is 0 Å². The zero-order valence-electron chi connectivity index (χ0n) is 11.6. The van der Waals surface area contributed by atoms with Gasteiger partial charge in [-0.1, -0.05) is 20.3 Å². The van der Waals surface area contributed by atoms with E-state index in [1.54, 1.807) is 0 Å². The van der Waals surface area contributed by atoms with Crippen LogP contribution in [0.3, 0.4) is 0 Å². The molecule has 1 fully saturated rings. The molecule has 1 rings (SSSR count). The van der Waals surface area contributed by atoms with Crippen LogP contribution in [0.25, 0.3) is 0 Å². The van der Waals surface area contributed by atoms with E-state index < -0.39 is 22.2 Å². The minimum absolute atomic E-state index is 0.282. The molecule has 1 aliphatic rings. The molecular formula is C11H22N2O4S2. The Balaban J connectivity index is 2.97. The third-order valence-corrected chi connectivity index (χ3v) is 6.76. The molecular weight excluding hydrogens is 288 g/mol. The summed E-state index contributed by atoms with van der Waals surface area (Å²) in [5, 5.41) is 8.90. The maximum atomic E-state index is 12.5. The summed E-state index contributed by atoms with van der Waals surface area (Å²) in [6.07, 6.45) is 2.27. The molecule has 0 aromatic rings. The van der Waals surface area contributed by atoms with Crippen LogP contribution < -0.4 is 0 Å². The predicted molar refractivity (Wildman–Crippen MR) is 76.3 cm³/mol. The van der Waals surface area contributed by atoms with E-state index >= 15 is 0 Å². The average Bonchev–Trinajstić information content (AvgIpc) is 2.80. The quantitative estimate of drug-likeness (QED) is 0.764. The molecule has 6 nitrogen and oxygen atoms in total. The Kier molecular flexibility index (Phi) is 6.10. The molecule has 0 radical (unpaired) electrons. The molecule has 19 heavy (non-hydrogen) atoms. The van der Waals surface area contributed by atoms with Crippen molar-refractivity contribution in [2.45, 2.75) is 44.5 Å². The second kappa shape index (κ2) is 6.92. The Morgan fingerprint density at radius 3 is 2.58 bits per heavy atom. The Morgan fingerprint density at radius 2 is 2.11 bits per heavy atom. The Morgan fingerprint density at radius 1 is 1.47 bits per heavy atom. The van der Waals surface area contributed by atoms with E-state index in [1.807, 2.05) is 13.8 Å². The van der Waals surface area contributed by atoms with E-state index in [1.165, 1.54) is 23.1 Å². The largest absolute Gasteiger partial charge is 0.480 e. The number of hydrogen-bond donors (Lipinski definition) is 1. The molecule has 0 amide bonds. The monoisotopic (exact) mass is 310 g/mol. The third kappa shape index (κ3) is 3.62. The molecule has 8 heteroatoms. The van der Waals surface area contributed by atoms with Crippen LogP contribution in [0.15, 0.2) is 0 Å². The molecule has 2 unspecified atom stereocenters. The van der Waals surface area contributed by atoms with Gasteiger partial charge in [-0.15, -0.1) is 11.8 Å². The van der Waals surface area contributed by atoms with Crippen molar-refractivity contribution in [3.63, 3.8) is 0 Å². The summed E-state index contributed by atoms with van der Waals surface area (Å²) in [4.78, 5) is 11.2. The molecule has 1 N–H and O–H groups in total. The van der Waals surface area contributed by atoms with Crippen molar-refractivity contribution in [1.82, 2.24) is 8.61 Å². The summed E-state index contributed by atoms with van der Waals surface area (Å²) in [5.74, 6) is -0.759. The maximum absolute atomic E-state index is 12.5. The molecule has 2 atom stereocenters. The van der Waals surface area contributed by atoms with Gasteiger partial charge in [0.05, 0.1) is 5.37 Å². The minimum Gasteiger partial charge on any atom is -0.480 e. The first-order valence-corrected chi connectivity index (χ1v) is 8.90. The van der Waals surface area contributed by atoms with Gasteiger partial charge < -0.3 is 5.11 Å². The lowest BCUT2D eigenvalue weighted by Crippen LogP contribution is -2.51. The summed E-state index contributed by atoms with van der Waals surface area (Å²) in [6, 6.07) is -0.955. The van der Waals surface area contributed by atoms with Crippen LogP contribution in [0.1, 0.15) is 33.1 Å². The Labute approximate surface area is 119 Å². The fraction of sp³-hybridized carbons (Fsp3) is 0.909. The number of carboxylic acids is 1. The lowest BCUT2D eigenvalue weighted by Gasteiger charge is -2.30. The van der Waals surface area contributed by atoms with Gasteiger partial charge in [-0.25, -0.2) is 0 Å². The number of thioether (sulfide) groups is 1. The van der Waals surface area contributed by atoms with Crippen molar-refractivity contribution in [2.75, 3.05) is 19.3 Å². The number of rotatable bonds is 7. The molecule has 1 saturated heterocycles. The topological polar surface area (TPSA) is 77.9 Å². The van der Waals surface area contributed by atoms with Crippen molar-refractivity contribution in [1.29, 1.82) is 0 Å². The van der Waals surface area contributed by atoms with Crippen molar-refractivity contribution in [2.24, 2.45) is 0 Å². The Bertz CT molecular complexity index is 413. The number of aliphatic carboxylic acids is 1. The summed E-state index contributed by atoms with van der Waals surface area (Å²) < 4.78 is 27.4. The standard InChI is InChI=1S/C11H22N2O4S2/c1-4-6-7-12(3)19(16,17)13-9(11(14)15)8-18-10(13)5-2/h9-10H,4-8H2,1-3H3,(H,14,15). The highest BCUT2D eigenvalue weighted by atomic mass is 32.2. The third-order valence-electron chi connectivity index (χ3n) is 3.16. The minimum atomic E-state index is -3.70. The van der Waals surface area contributed by atoms with Crippen LogP contribution in [0.5, 0.6) is 0 Å². The lowest BCUT2D eigenvalue weighted by molar-refractivity contribution is -0.140. The first-order chi connectivity index (χ1) is 8.86. The number of unbranched alkanes of at least 4 members (excludes halogenated alkanes) is 1. The fourth-order valence-electron chi connectivity index (χ4n) is 1.99. The molecule has 0 bridgehead atoms. The smallest absolute Gasteiger partial charge is 0.322 e.